The van der Waals surface area contributed by atoms with Gasteiger partial charge < -0.3 is 21.1 Å². The van der Waals surface area contributed by atoms with E-state index in [9.17, 15) is 4.79 Å². The van der Waals surface area contributed by atoms with E-state index in [1.165, 1.54) is 70.6 Å². The Labute approximate surface area is 202 Å². The van der Waals surface area contributed by atoms with E-state index in [0.717, 1.165) is 29.8 Å². The first-order valence-corrected chi connectivity index (χ1v) is 13.2. The van der Waals surface area contributed by atoms with Crippen LogP contribution in [0.5, 0.6) is 5.75 Å². The SMILES string of the molecule is CCCCCCCCC=CCCCCCCCC(=O)NCc1ccc(NCCN)c(OC)c1. The van der Waals surface area contributed by atoms with Gasteiger partial charge in [0.25, 0.3) is 0 Å². The molecule has 0 heterocycles. The topological polar surface area (TPSA) is 76.4 Å². The van der Waals surface area contributed by atoms with Gasteiger partial charge in [-0.3, -0.25) is 4.79 Å². The van der Waals surface area contributed by atoms with Gasteiger partial charge >= 0.3 is 0 Å². The Hall–Kier alpha value is -2.01. The van der Waals surface area contributed by atoms with Crippen LogP contribution in [0.1, 0.15) is 102 Å². The van der Waals surface area contributed by atoms with Gasteiger partial charge in [-0.15, -0.1) is 0 Å². The van der Waals surface area contributed by atoms with Gasteiger partial charge in [-0.05, 0) is 49.8 Å². The third kappa shape index (κ3) is 15.5. The monoisotopic (exact) mass is 459 g/mol. The molecule has 0 atom stereocenters. The zero-order valence-corrected chi connectivity index (χ0v) is 21.3. The molecule has 0 aliphatic heterocycles. The minimum absolute atomic E-state index is 0.122. The standard InChI is InChI=1S/C28H49N3O2/c1-3-4-5-6-7-8-9-10-11-12-13-14-15-16-17-18-28(32)31-24-25-19-20-26(30-22-21-29)27(23-25)33-2/h10-11,19-20,23,30H,3-9,12-18,21-22,24,29H2,1-2H3,(H,31,32). The summed E-state index contributed by atoms with van der Waals surface area (Å²) in [6, 6.07) is 5.94. The van der Waals surface area contributed by atoms with Gasteiger partial charge in [0.05, 0.1) is 12.8 Å². The predicted molar refractivity (Wildman–Crippen MR) is 142 cm³/mol. The van der Waals surface area contributed by atoms with E-state index in [1.807, 2.05) is 18.2 Å². The number of nitrogens with one attached hydrogen (secondary N) is 2. The molecule has 1 amide bonds. The van der Waals surface area contributed by atoms with E-state index in [1.54, 1.807) is 7.11 Å². The second kappa shape index (κ2) is 20.6. The van der Waals surface area contributed by atoms with Crippen LogP contribution < -0.4 is 21.1 Å². The van der Waals surface area contributed by atoms with Gasteiger partial charge in [-0.2, -0.15) is 0 Å². The molecule has 0 unspecified atom stereocenters. The van der Waals surface area contributed by atoms with Crippen LogP contribution in [0.2, 0.25) is 0 Å². The van der Waals surface area contributed by atoms with Crippen LogP contribution in [0.25, 0.3) is 0 Å². The largest absolute Gasteiger partial charge is 0.495 e. The maximum absolute atomic E-state index is 12.1. The van der Waals surface area contributed by atoms with Crippen molar-refractivity contribution in [1.82, 2.24) is 5.32 Å². The summed E-state index contributed by atoms with van der Waals surface area (Å²) in [5.74, 6) is 0.893. The van der Waals surface area contributed by atoms with Gasteiger partial charge in [0.2, 0.25) is 5.91 Å². The highest BCUT2D eigenvalue weighted by Gasteiger charge is 2.06. The van der Waals surface area contributed by atoms with Crippen LogP contribution in [-0.2, 0) is 11.3 Å². The number of hydrogen-bond donors (Lipinski definition) is 3. The molecule has 0 aromatic heterocycles. The van der Waals surface area contributed by atoms with Crippen LogP contribution in [0.3, 0.4) is 0 Å². The molecule has 0 spiro atoms. The smallest absolute Gasteiger partial charge is 0.220 e. The Morgan fingerprint density at radius 1 is 0.939 bits per heavy atom. The summed E-state index contributed by atoms with van der Waals surface area (Å²) in [7, 11) is 1.65. The lowest BCUT2D eigenvalue weighted by Crippen LogP contribution is -2.22. The number of benzene rings is 1. The molecule has 1 aromatic carbocycles. The first-order chi connectivity index (χ1) is 16.2. The fraction of sp³-hybridized carbons (Fsp3) is 0.679. The van der Waals surface area contributed by atoms with Crippen molar-refractivity contribution < 1.29 is 9.53 Å². The van der Waals surface area contributed by atoms with Crippen molar-refractivity contribution in [3.8, 4) is 5.75 Å². The normalized spacial score (nSPS) is 11.1. The molecule has 0 fully saturated rings. The fourth-order valence-corrected chi connectivity index (χ4v) is 3.84. The van der Waals surface area contributed by atoms with Gasteiger partial charge in [0.15, 0.2) is 0 Å². The highest BCUT2D eigenvalue weighted by atomic mass is 16.5. The lowest BCUT2D eigenvalue weighted by molar-refractivity contribution is -0.121. The summed E-state index contributed by atoms with van der Waals surface area (Å²) in [5, 5.41) is 6.25. The molecule has 0 saturated heterocycles. The van der Waals surface area contributed by atoms with Crippen molar-refractivity contribution in [3.05, 3.63) is 35.9 Å². The summed E-state index contributed by atoms with van der Waals surface area (Å²) >= 11 is 0. The average molecular weight is 460 g/mol. The van der Waals surface area contributed by atoms with E-state index in [0.29, 0.717) is 26.1 Å². The van der Waals surface area contributed by atoms with Gasteiger partial charge in [-0.25, -0.2) is 0 Å². The van der Waals surface area contributed by atoms with Crippen molar-refractivity contribution in [1.29, 1.82) is 0 Å². The molecule has 5 nitrogen and oxygen atoms in total. The number of hydrogen-bond acceptors (Lipinski definition) is 4. The van der Waals surface area contributed by atoms with Crippen LogP contribution in [0.15, 0.2) is 30.4 Å². The van der Waals surface area contributed by atoms with E-state index >= 15 is 0 Å². The van der Waals surface area contributed by atoms with Crippen molar-refractivity contribution in [3.63, 3.8) is 0 Å². The minimum atomic E-state index is 0.122. The number of ether oxygens (including phenoxy) is 1. The summed E-state index contributed by atoms with van der Waals surface area (Å²) < 4.78 is 5.43. The van der Waals surface area contributed by atoms with Gasteiger partial charge in [0, 0.05) is 26.1 Å². The Kier molecular flexibility index (Phi) is 18.1. The van der Waals surface area contributed by atoms with Crippen LogP contribution in [0, 0.1) is 0 Å². The molecule has 5 heteroatoms. The molecule has 0 aliphatic rings. The molecule has 0 bridgehead atoms. The van der Waals surface area contributed by atoms with Crippen molar-refractivity contribution in [2.45, 2.75) is 103 Å². The number of methoxy groups -OCH3 is 1. The van der Waals surface area contributed by atoms with Gasteiger partial charge in [0.1, 0.15) is 5.75 Å². The second-order valence-corrected chi connectivity index (χ2v) is 8.86. The second-order valence-electron chi connectivity index (χ2n) is 8.86. The van der Waals surface area contributed by atoms with Gasteiger partial charge in [-0.1, -0.05) is 76.5 Å². The molecule has 0 aliphatic carbocycles. The molecule has 1 aromatic rings. The Morgan fingerprint density at radius 2 is 1.58 bits per heavy atom. The van der Waals surface area contributed by atoms with Crippen LogP contribution in [-0.4, -0.2) is 26.1 Å². The van der Waals surface area contributed by atoms with E-state index in [-0.39, 0.29) is 5.91 Å². The van der Waals surface area contributed by atoms with E-state index in [4.69, 9.17) is 10.5 Å². The molecule has 0 saturated carbocycles. The molecule has 4 N–H and O–H groups in total. The fourth-order valence-electron chi connectivity index (χ4n) is 3.84. The van der Waals surface area contributed by atoms with Crippen LogP contribution in [0.4, 0.5) is 5.69 Å². The maximum atomic E-state index is 12.1. The number of rotatable bonds is 21. The minimum Gasteiger partial charge on any atom is -0.495 e. The zero-order chi connectivity index (χ0) is 24.0. The highest BCUT2D eigenvalue weighted by molar-refractivity contribution is 5.75. The lowest BCUT2D eigenvalue weighted by Gasteiger charge is -2.12. The van der Waals surface area contributed by atoms with Crippen molar-refractivity contribution in [2.75, 3.05) is 25.5 Å². The van der Waals surface area contributed by atoms with Crippen molar-refractivity contribution >= 4 is 11.6 Å². The average Bonchev–Trinajstić information content (AvgIpc) is 2.84. The summed E-state index contributed by atoms with van der Waals surface area (Å²) in [5.41, 5.74) is 7.49. The van der Waals surface area contributed by atoms with E-state index in [2.05, 4.69) is 29.7 Å². The molecular formula is C28H49N3O2. The molecule has 188 valence electrons. The predicted octanol–water partition coefficient (Wildman–Crippen LogP) is 6.72. The van der Waals surface area contributed by atoms with Crippen LogP contribution >= 0.6 is 0 Å². The number of amides is 1. The quantitative estimate of drug-likeness (QED) is 0.141. The molecular weight excluding hydrogens is 410 g/mol. The molecule has 1 rings (SSSR count). The maximum Gasteiger partial charge on any atom is 0.220 e. The number of anilines is 1. The number of carbonyl (C=O) groups is 1. The summed E-state index contributed by atoms with van der Waals surface area (Å²) in [6.07, 6.45) is 21.8. The van der Waals surface area contributed by atoms with E-state index < -0.39 is 0 Å². The third-order valence-corrected chi connectivity index (χ3v) is 5.88. The number of allylic oxidation sites excluding steroid dienone is 2. The molecule has 0 radical (unpaired) electrons. The molecule has 33 heavy (non-hydrogen) atoms. The van der Waals surface area contributed by atoms with Crippen molar-refractivity contribution in [2.24, 2.45) is 5.73 Å². The number of unbranched alkanes of at least 4 members (excludes halogenated alkanes) is 11. The third-order valence-electron chi connectivity index (χ3n) is 5.88. The summed E-state index contributed by atoms with van der Waals surface area (Å²) in [4.78, 5) is 12.1. The zero-order valence-electron chi connectivity index (χ0n) is 21.3. The lowest BCUT2D eigenvalue weighted by atomic mass is 10.1. The Balaban J connectivity index is 2.01. The number of carbonyl (C=O) groups excluding carboxylic acids is 1. The summed E-state index contributed by atoms with van der Waals surface area (Å²) in [6.45, 7) is 4.06. The number of nitrogens with two attached hydrogens (primary N) is 1. The highest BCUT2D eigenvalue weighted by Crippen LogP contribution is 2.25. The first-order valence-electron chi connectivity index (χ1n) is 13.2. The first kappa shape index (κ1) is 29.0. The Morgan fingerprint density at radius 3 is 2.21 bits per heavy atom. The Bertz CT molecular complexity index is 646.